The molecule has 3 aromatic rings. The predicted octanol–water partition coefficient (Wildman–Crippen LogP) is 6.92. The third-order valence-electron chi connectivity index (χ3n) is 7.11. The number of hydrogen-bond donors (Lipinski definition) is 0. The van der Waals surface area contributed by atoms with Crippen LogP contribution >= 0.6 is 0 Å². The Morgan fingerprint density at radius 2 is 1.51 bits per heavy atom. The van der Waals surface area contributed by atoms with Crippen LogP contribution in [-0.2, 0) is 14.3 Å². The lowest BCUT2D eigenvalue weighted by Gasteiger charge is -2.41. The van der Waals surface area contributed by atoms with Crippen molar-refractivity contribution < 1.29 is 23.8 Å². The van der Waals surface area contributed by atoms with Crippen LogP contribution in [0.3, 0.4) is 0 Å². The van der Waals surface area contributed by atoms with Crippen LogP contribution in [0.15, 0.2) is 101 Å². The van der Waals surface area contributed by atoms with Crippen molar-refractivity contribution in [1.82, 2.24) is 0 Å². The van der Waals surface area contributed by atoms with Crippen molar-refractivity contribution in [3.8, 4) is 17.2 Å². The van der Waals surface area contributed by atoms with Crippen molar-refractivity contribution in [3.63, 3.8) is 0 Å². The van der Waals surface area contributed by atoms with Crippen LogP contribution in [0.4, 0.5) is 0 Å². The molecule has 1 aliphatic heterocycles. The maximum absolute atomic E-state index is 13.6. The number of carbonyl (C=O) groups is 2. The highest BCUT2D eigenvalue weighted by molar-refractivity contribution is 6.12. The number of fused-ring (bicyclic) bond motifs is 1. The van der Waals surface area contributed by atoms with E-state index in [0.717, 1.165) is 11.3 Å². The van der Waals surface area contributed by atoms with Crippen LogP contribution in [0.2, 0.25) is 0 Å². The third-order valence-corrected chi connectivity index (χ3v) is 7.11. The molecule has 0 spiro atoms. The minimum Gasteiger partial charge on any atom is -0.490 e. The first-order chi connectivity index (χ1) is 18.8. The van der Waals surface area contributed by atoms with Gasteiger partial charge in [0, 0.05) is 23.7 Å². The fourth-order valence-corrected chi connectivity index (χ4v) is 5.50. The standard InChI is InChI=1S/C33H33NO5/c1-22-29(32(36)38-18-17-37-24-12-6-4-7-13-24)30(31-27(34-22)20-33(2,3)21-28(31)35)23-11-10-16-26(19-23)39-25-14-8-5-9-15-25/h4-16,19,30-31H,17-18,20-21H2,1-3H3. The first-order valence-corrected chi connectivity index (χ1v) is 13.3. The van der Waals surface area contributed by atoms with Crippen molar-refractivity contribution >= 4 is 17.5 Å². The van der Waals surface area contributed by atoms with Crippen LogP contribution in [0.5, 0.6) is 17.2 Å². The maximum atomic E-state index is 13.6. The fraction of sp³-hybridized carbons (Fsp3) is 0.303. The van der Waals surface area contributed by atoms with Gasteiger partial charge < -0.3 is 14.2 Å². The number of esters is 1. The summed E-state index contributed by atoms with van der Waals surface area (Å²) in [6.07, 6.45) is 1.13. The minimum atomic E-state index is -0.517. The van der Waals surface area contributed by atoms with Gasteiger partial charge in [0.1, 0.15) is 36.2 Å². The summed E-state index contributed by atoms with van der Waals surface area (Å²) in [5.41, 5.74) is 2.47. The van der Waals surface area contributed by atoms with Crippen molar-refractivity contribution in [2.75, 3.05) is 13.2 Å². The number of ether oxygens (including phenoxy) is 3. The van der Waals surface area contributed by atoms with E-state index in [0.29, 0.717) is 41.4 Å². The number of hydrogen-bond acceptors (Lipinski definition) is 6. The van der Waals surface area contributed by atoms with Crippen LogP contribution < -0.4 is 9.47 Å². The molecule has 1 saturated carbocycles. The summed E-state index contributed by atoms with van der Waals surface area (Å²) in [6.45, 7) is 6.30. The number of rotatable bonds is 8. The second-order valence-corrected chi connectivity index (χ2v) is 10.8. The van der Waals surface area contributed by atoms with Gasteiger partial charge in [-0.15, -0.1) is 0 Å². The van der Waals surface area contributed by atoms with Crippen molar-refractivity contribution in [3.05, 3.63) is 102 Å². The molecule has 0 amide bonds. The number of aliphatic imine (C=N–C) groups is 1. The first kappa shape index (κ1) is 26.4. The predicted molar refractivity (Wildman–Crippen MR) is 150 cm³/mol. The van der Waals surface area contributed by atoms with Crippen LogP contribution in [-0.4, -0.2) is 30.7 Å². The van der Waals surface area contributed by atoms with E-state index < -0.39 is 17.8 Å². The van der Waals surface area contributed by atoms with Crippen molar-refractivity contribution in [1.29, 1.82) is 0 Å². The summed E-state index contributed by atoms with van der Waals surface area (Å²) in [4.78, 5) is 31.9. The third kappa shape index (κ3) is 6.11. The van der Waals surface area contributed by atoms with E-state index in [4.69, 9.17) is 19.2 Å². The van der Waals surface area contributed by atoms with E-state index in [1.807, 2.05) is 91.9 Å². The SMILES string of the molecule is CC1=C(C(=O)OCCOc2ccccc2)C(c2cccc(Oc3ccccc3)c2)C2C(=O)CC(C)(C)CC2=N1. The smallest absolute Gasteiger partial charge is 0.336 e. The van der Waals surface area contributed by atoms with Gasteiger partial charge in [0.05, 0.1) is 11.5 Å². The van der Waals surface area contributed by atoms with Crippen molar-refractivity contribution in [2.45, 2.75) is 39.5 Å². The number of carbonyl (C=O) groups excluding carboxylic acids is 2. The molecule has 0 bridgehead atoms. The zero-order valence-corrected chi connectivity index (χ0v) is 22.6. The molecule has 1 aliphatic carbocycles. The molecule has 1 fully saturated rings. The molecule has 2 atom stereocenters. The van der Waals surface area contributed by atoms with E-state index in [1.54, 1.807) is 0 Å². The van der Waals surface area contributed by atoms with Gasteiger partial charge in [-0.05, 0) is 60.7 Å². The number of ketones is 1. The molecule has 200 valence electrons. The number of para-hydroxylation sites is 2. The van der Waals surface area contributed by atoms with E-state index in [2.05, 4.69) is 13.8 Å². The van der Waals surface area contributed by atoms with E-state index in [-0.39, 0.29) is 24.4 Å². The molecule has 6 nitrogen and oxygen atoms in total. The zero-order chi connectivity index (χ0) is 27.4. The monoisotopic (exact) mass is 523 g/mol. The second kappa shape index (κ2) is 11.3. The lowest BCUT2D eigenvalue weighted by molar-refractivity contribution is -0.140. The van der Waals surface area contributed by atoms with Gasteiger partial charge in [0.15, 0.2) is 0 Å². The molecule has 0 aromatic heterocycles. The summed E-state index contributed by atoms with van der Waals surface area (Å²) < 4.78 is 17.4. The second-order valence-electron chi connectivity index (χ2n) is 10.8. The topological polar surface area (TPSA) is 74.2 Å². The highest BCUT2D eigenvalue weighted by Gasteiger charge is 2.47. The first-order valence-electron chi connectivity index (χ1n) is 13.3. The lowest BCUT2D eigenvalue weighted by Crippen LogP contribution is -2.44. The molecule has 1 heterocycles. The molecule has 5 rings (SSSR count). The summed E-state index contributed by atoms with van der Waals surface area (Å²) in [5, 5.41) is 0. The summed E-state index contributed by atoms with van der Waals surface area (Å²) in [5.74, 6) is 0.631. The zero-order valence-electron chi connectivity index (χ0n) is 22.6. The van der Waals surface area contributed by atoms with Gasteiger partial charge in [-0.25, -0.2) is 4.79 Å². The van der Waals surface area contributed by atoms with Gasteiger partial charge in [-0.1, -0.05) is 62.4 Å². The highest BCUT2D eigenvalue weighted by atomic mass is 16.6. The number of nitrogens with zero attached hydrogens (tertiary/aromatic N) is 1. The number of Topliss-reactive ketones (excluding diaryl/α,β-unsaturated/α-hetero) is 1. The molecule has 0 N–H and O–H groups in total. The average Bonchev–Trinajstić information content (AvgIpc) is 2.91. The highest BCUT2D eigenvalue weighted by Crippen LogP contribution is 2.47. The molecule has 6 heteroatoms. The van der Waals surface area contributed by atoms with Gasteiger partial charge in [-0.2, -0.15) is 0 Å². The molecular weight excluding hydrogens is 490 g/mol. The molecule has 0 saturated heterocycles. The Hall–Kier alpha value is -4.19. The minimum absolute atomic E-state index is 0.0800. The lowest BCUT2D eigenvalue weighted by atomic mass is 9.63. The Morgan fingerprint density at radius 1 is 0.846 bits per heavy atom. The molecule has 3 aromatic carbocycles. The fourth-order valence-electron chi connectivity index (χ4n) is 5.50. The van der Waals surface area contributed by atoms with Crippen LogP contribution in [0.1, 0.15) is 45.1 Å². The van der Waals surface area contributed by atoms with Gasteiger partial charge >= 0.3 is 5.97 Å². The Labute approximate surface area is 229 Å². The number of benzene rings is 3. The van der Waals surface area contributed by atoms with Crippen LogP contribution in [0.25, 0.3) is 0 Å². The normalized spacial score (nSPS) is 20.1. The van der Waals surface area contributed by atoms with Gasteiger partial charge in [0.2, 0.25) is 0 Å². The Kier molecular flexibility index (Phi) is 7.64. The Bertz CT molecular complexity index is 1410. The molecule has 39 heavy (non-hydrogen) atoms. The average molecular weight is 524 g/mol. The maximum Gasteiger partial charge on any atom is 0.336 e. The van der Waals surface area contributed by atoms with E-state index in [9.17, 15) is 9.59 Å². The Morgan fingerprint density at radius 3 is 2.23 bits per heavy atom. The summed E-state index contributed by atoms with van der Waals surface area (Å²) >= 11 is 0. The largest absolute Gasteiger partial charge is 0.490 e. The van der Waals surface area contributed by atoms with Gasteiger partial charge in [-0.3, -0.25) is 9.79 Å². The number of allylic oxidation sites excluding steroid dienone is 1. The van der Waals surface area contributed by atoms with Crippen molar-refractivity contribution in [2.24, 2.45) is 16.3 Å². The molecule has 0 radical (unpaired) electrons. The van der Waals surface area contributed by atoms with E-state index >= 15 is 0 Å². The quantitative estimate of drug-likeness (QED) is 0.237. The summed E-state index contributed by atoms with van der Waals surface area (Å²) in [6, 6.07) is 26.5. The van der Waals surface area contributed by atoms with Gasteiger partial charge in [0.25, 0.3) is 0 Å². The molecule has 2 unspecified atom stereocenters. The van der Waals surface area contributed by atoms with E-state index in [1.165, 1.54) is 0 Å². The summed E-state index contributed by atoms with van der Waals surface area (Å²) in [7, 11) is 0. The van der Waals surface area contributed by atoms with Crippen LogP contribution in [0, 0.1) is 11.3 Å². The molecule has 2 aliphatic rings. The molecular formula is C33H33NO5. The Balaban J connectivity index is 1.44.